The second-order valence-corrected chi connectivity index (χ2v) is 10.4. The summed E-state index contributed by atoms with van der Waals surface area (Å²) in [4.78, 5) is 7.76. The number of aromatic nitrogens is 2. The summed E-state index contributed by atoms with van der Waals surface area (Å²) in [6.45, 7) is 7.87. The van der Waals surface area contributed by atoms with Gasteiger partial charge >= 0.3 is 0 Å². The van der Waals surface area contributed by atoms with Gasteiger partial charge in [0.15, 0.2) is 5.75 Å². The molecule has 4 rings (SSSR count). The molecular weight excluding hydrogens is 513 g/mol. The summed E-state index contributed by atoms with van der Waals surface area (Å²) < 4.78 is 7.81. The fourth-order valence-electron chi connectivity index (χ4n) is 4.80. The van der Waals surface area contributed by atoms with Crippen molar-refractivity contribution in [3.63, 3.8) is 0 Å². The van der Waals surface area contributed by atoms with Crippen molar-refractivity contribution in [1.29, 1.82) is 0 Å². The van der Waals surface area contributed by atoms with Crippen LogP contribution in [0.25, 0.3) is 22.6 Å². The number of methoxy groups -OCH3 is 1. The minimum absolute atomic E-state index is 0.522. The zero-order valence-corrected chi connectivity index (χ0v) is 24.1. The van der Waals surface area contributed by atoms with Crippen molar-refractivity contribution < 1.29 is 4.74 Å². The fraction of sp³-hybridized carbons (Fsp3) is 0.344. The number of unbranched alkanes of at least 4 members (excludes halogenated alkanes) is 2. The molecule has 0 amide bonds. The molecule has 6 heteroatoms. The van der Waals surface area contributed by atoms with Crippen LogP contribution in [-0.4, -0.2) is 28.1 Å². The molecule has 0 bridgehead atoms. The molecule has 0 saturated heterocycles. The van der Waals surface area contributed by atoms with Crippen LogP contribution in [0, 0.1) is 0 Å². The average Bonchev–Trinajstić information content (AvgIpc) is 3.29. The molecule has 0 unspecified atom stereocenters. The van der Waals surface area contributed by atoms with E-state index >= 15 is 0 Å². The Morgan fingerprint density at radius 2 is 1.42 bits per heavy atom. The van der Waals surface area contributed by atoms with Gasteiger partial charge in [-0.05, 0) is 37.1 Å². The Bertz CT molecular complexity index is 1280. The highest BCUT2D eigenvalue weighted by Gasteiger charge is 2.22. The van der Waals surface area contributed by atoms with E-state index in [0.29, 0.717) is 15.8 Å². The van der Waals surface area contributed by atoms with Crippen molar-refractivity contribution in [2.75, 3.05) is 13.7 Å². The number of rotatable bonds is 13. The van der Waals surface area contributed by atoms with E-state index in [9.17, 15) is 0 Å². The maximum atomic E-state index is 6.50. The number of nitrogens with zero attached hydrogens (tertiary/aromatic N) is 3. The zero-order valence-electron chi connectivity index (χ0n) is 22.6. The first-order chi connectivity index (χ1) is 18.5. The van der Waals surface area contributed by atoms with Gasteiger partial charge in [0.1, 0.15) is 5.82 Å². The number of imidazole rings is 1. The summed E-state index contributed by atoms with van der Waals surface area (Å²) in [6.07, 6.45) is 4.44. The minimum atomic E-state index is 0.522. The van der Waals surface area contributed by atoms with Gasteiger partial charge in [-0.3, -0.25) is 4.90 Å². The lowest BCUT2D eigenvalue weighted by Crippen LogP contribution is -2.26. The number of halogens is 2. The summed E-state index contributed by atoms with van der Waals surface area (Å²) in [5, 5.41) is 1.07. The van der Waals surface area contributed by atoms with Crippen molar-refractivity contribution in [3.8, 4) is 28.4 Å². The van der Waals surface area contributed by atoms with Crippen LogP contribution in [0.4, 0.5) is 0 Å². The van der Waals surface area contributed by atoms with Crippen LogP contribution < -0.4 is 4.74 Å². The molecule has 1 heterocycles. The first kappa shape index (κ1) is 28.2. The van der Waals surface area contributed by atoms with E-state index in [2.05, 4.69) is 84.0 Å². The summed E-state index contributed by atoms with van der Waals surface area (Å²) in [6, 6.07) is 25.0. The lowest BCUT2D eigenvalue weighted by Gasteiger charge is -2.25. The molecule has 0 aliphatic rings. The second-order valence-electron chi connectivity index (χ2n) is 9.62. The number of hydrogen-bond acceptors (Lipinski definition) is 3. The first-order valence-corrected chi connectivity index (χ1v) is 14.3. The molecule has 0 atom stereocenters. The quantitative estimate of drug-likeness (QED) is 0.166. The van der Waals surface area contributed by atoms with Crippen molar-refractivity contribution in [3.05, 3.63) is 94.1 Å². The highest BCUT2D eigenvalue weighted by atomic mass is 35.5. The van der Waals surface area contributed by atoms with Crippen LogP contribution in [0.1, 0.15) is 50.8 Å². The third-order valence-corrected chi connectivity index (χ3v) is 7.32. The number of benzene rings is 3. The topological polar surface area (TPSA) is 30.3 Å². The second kappa shape index (κ2) is 13.8. The molecule has 0 N–H and O–H groups in total. The van der Waals surface area contributed by atoms with E-state index in [0.717, 1.165) is 80.1 Å². The van der Waals surface area contributed by atoms with Crippen molar-refractivity contribution >= 4 is 23.2 Å². The van der Waals surface area contributed by atoms with Gasteiger partial charge in [0.2, 0.25) is 0 Å². The van der Waals surface area contributed by atoms with Crippen LogP contribution in [0.3, 0.4) is 0 Å². The number of hydrogen-bond donors (Lipinski definition) is 0. The fourth-order valence-corrected chi connectivity index (χ4v) is 5.49. The Balaban J connectivity index is 1.79. The molecule has 4 aromatic rings. The molecule has 200 valence electrons. The summed E-state index contributed by atoms with van der Waals surface area (Å²) in [7, 11) is 1.59. The third kappa shape index (κ3) is 6.79. The summed E-state index contributed by atoms with van der Waals surface area (Å²) in [5.74, 6) is 1.55. The highest BCUT2D eigenvalue weighted by molar-refractivity contribution is 6.37. The smallest absolute Gasteiger partial charge is 0.156 e. The van der Waals surface area contributed by atoms with E-state index in [1.807, 2.05) is 12.1 Å². The molecule has 0 fully saturated rings. The van der Waals surface area contributed by atoms with Crippen LogP contribution in [0.5, 0.6) is 5.75 Å². The molecular formula is C32H37Cl2N3O. The van der Waals surface area contributed by atoms with Crippen LogP contribution in [0.2, 0.25) is 10.0 Å². The van der Waals surface area contributed by atoms with E-state index < -0.39 is 0 Å². The van der Waals surface area contributed by atoms with Gasteiger partial charge in [0, 0.05) is 30.8 Å². The first-order valence-electron chi connectivity index (χ1n) is 13.5. The van der Waals surface area contributed by atoms with Crippen LogP contribution >= 0.6 is 23.2 Å². The Morgan fingerprint density at radius 1 is 0.816 bits per heavy atom. The maximum absolute atomic E-state index is 6.50. The maximum Gasteiger partial charge on any atom is 0.156 e. The Labute approximate surface area is 237 Å². The summed E-state index contributed by atoms with van der Waals surface area (Å²) >= 11 is 13.0. The van der Waals surface area contributed by atoms with E-state index in [4.69, 9.17) is 32.9 Å². The third-order valence-electron chi connectivity index (χ3n) is 6.76. The monoisotopic (exact) mass is 549 g/mol. The Morgan fingerprint density at radius 3 is 2.00 bits per heavy atom. The van der Waals surface area contributed by atoms with Gasteiger partial charge in [-0.15, -0.1) is 0 Å². The Hall–Kier alpha value is -2.79. The number of ether oxygens (including phenoxy) is 1. The van der Waals surface area contributed by atoms with Gasteiger partial charge in [-0.25, -0.2) is 4.98 Å². The molecule has 4 nitrogen and oxygen atoms in total. The minimum Gasteiger partial charge on any atom is -0.494 e. The van der Waals surface area contributed by atoms with Crippen molar-refractivity contribution in [1.82, 2.24) is 14.5 Å². The van der Waals surface area contributed by atoms with Gasteiger partial charge < -0.3 is 9.30 Å². The van der Waals surface area contributed by atoms with E-state index in [1.54, 1.807) is 7.11 Å². The van der Waals surface area contributed by atoms with Crippen molar-refractivity contribution in [2.45, 2.75) is 59.2 Å². The molecule has 0 aliphatic carbocycles. The normalized spacial score (nSPS) is 11.3. The van der Waals surface area contributed by atoms with Gasteiger partial charge in [0.25, 0.3) is 0 Å². The molecule has 0 saturated carbocycles. The van der Waals surface area contributed by atoms with E-state index in [-0.39, 0.29) is 0 Å². The molecule has 3 aromatic carbocycles. The SMILES string of the molecule is CCCCN(Cc1cc(Cl)c(OC)c(Cl)c1)Cc1c(-c2ccccc2)nc(-c2ccccc2)n1CCCC. The highest BCUT2D eigenvalue weighted by Crippen LogP contribution is 2.35. The lowest BCUT2D eigenvalue weighted by atomic mass is 10.1. The molecule has 0 spiro atoms. The zero-order chi connectivity index (χ0) is 26.9. The lowest BCUT2D eigenvalue weighted by molar-refractivity contribution is 0.246. The average molecular weight is 551 g/mol. The standard InChI is InChI=1S/C32H37Cl2N3O/c1-4-6-18-36(22-24-20-27(33)31(38-3)28(34)21-24)23-29-30(25-14-10-8-11-15-25)35-32(37(29)19-7-5-2)26-16-12-9-13-17-26/h8-17,20-21H,4-7,18-19,22-23H2,1-3H3. The predicted molar refractivity (Wildman–Crippen MR) is 160 cm³/mol. The predicted octanol–water partition coefficient (Wildman–Crippen LogP) is 9.13. The van der Waals surface area contributed by atoms with Crippen LogP contribution in [-0.2, 0) is 19.6 Å². The largest absolute Gasteiger partial charge is 0.494 e. The van der Waals surface area contributed by atoms with Crippen LogP contribution in [0.15, 0.2) is 72.8 Å². The van der Waals surface area contributed by atoms with Gasteiger partial charge in [-0.1, -0.05) is 111 Å². The molecule has 1 aromatic heterocycles. The molecule has 0 aliphatic heterocycles. The van der Waals surface area contributed by atoms with Crippen molar-refractivity contribution in [2.24, 2.45) is 0 Å². The Kier molecular flexibility index (Phi) is 10.3. The summed E-state index contributed by atoms with van der Waals surface area (Å²) in [5.41, 5.74) is 5.64. The molecule has 0 radical (unpaired) electrons. The van der Waals surface area contributed by atoms with Gasteiger partial charge in [0.05, 0.1) is 28.5 Å². The van der Waals surface area contributed by atoms with Gasteiger partial charge in [-0.2, -0.15) is 0 Å². The van der Waals surface area contributed by atoms with E-state index in [1.165, 1.54) is 5.69 Å². The molecule has 38 heavy (non-hydrogen) atoms.